The summed E-state index contributed by atoms with van der Waals surface area (Å²) in [5, 5.41) is 1.12. The summed E-state index contributed by atoms with van der Waals surface area (Å²) >= 11 is 3.68. The van der Waals surface area contributed by atoms with Crippen LogP contribution in [0.4, 0.5) is 0 Å². The first-order chi connectivity index (χ1) is 8.20. The van der Waals surface area contributed by atoms with Crippen molar-refractivity contribution < 1.29 is 4.74 Å². The lowest BCUT2D eigenvalue weighted by atomic mass is 10.1. The second kappa shape index (κ2) is 6.18. The fourth-order valence-corrected chi connectivity index (χ4v) is 3.85. The maximum Gasteiger partial charge on any atom is 0.123 e. The average Bonchev–Trinajstić information content (AvgIpc) is 2.72. The molecular formula is C12H20N2OS2. The molecule has 1 aliphatic rings. The van der Waals surface area contributed by atoms with Gasteiger partial charge >= 0.3 is 0 Å². The summed E-state index contributed by atoms with van der Waals surface area (Å²) in [6.45, 7) is 5.87. The molecule has 1 saturated heterocycles. The minimum absolute atomic E-state index is 0.185. The Kier molecular flexibility index (Phi) is 4.85. The molecule has 0 amide bonds. The minimum Gasteiger partial charge on any atom is -0.369 e. The predicted octanol–water partition coefficient (Wildman–Crippen LogP) is 2.60. The van der Waals surface area contributed by atoms with Gasteiger partial charge in [-0.3, -0.25) is 0 Å². The molecule has 17 heavy (non-hydrogen) atoms. The smallest absolute Gasteiger partial charge is 0.123 e. The SMILES string of the molecule is CC(C)Cc1nc(C2CSCCO2)sc1CN. The zero-order chi connectivity index (χ0) is 12.3. The molecule has 1 fully saturated rings. The van der Waals surface area contributed by atoms with Crippen LogP contribution < -0.4 is 5.73 Å². The van der Waals surface area contributed by atoms with Crippen molar-refractivity contribution >= 4 is 23.1 Å². The summed E-state index contributed by atoms with van der Waals surface area (Å²) in [6, 6.07) is 0. The van der Waals surface area contributed by atoms with Crippen molar-refractivity contribution in [2.75, 3.05) is 18.1 Å². The van der Waals surface area contributed by atoms with Crippen LogP contribution in [0, 0.1) is 5.92 Å². The molecule has 0 radical (unpaired) electrons. The van der Waals surface area contributed by atoms with Crippen LogP contribution in [0.3, 0.4) is 0 Å². The largest absolute Gasteiger partial charge is 0.369 e. The van der Waals surface area contributed by atoms with Crippen molar-refractivity contribution in [3.05, 3.63) is 15.6 Å². The Balaban J connectivity index is 2.14. The first-order valence-electron chi connectivity index (χ1n) is 6.08. The second-order valence-electron chi connectivity index (χ2n) is 4.66. The van der Waals surface area contributed by atoms with Crippen LogP contribution >= 0.6 is 23.1 Å². The molecule has 3 nitrogen and oxygen atoms in total. The van der Waals surface area contributed by atoms with E-state index in [-0.39, 0.29) is 6.10 Å². The highest BCUT2D eigenvalue weighted by molar-refractivity contribution is 7.99. The first kappa shape index (κ1) is 13.3. The molecule has 0 aromatic carbocycles. The third-order valence-electron chi connectivity index (χ3n) is 2.67. The Morgan fingerprint density at radius 3 is 2.94 bits per heavy atom. The van der Waals surface area contributed by atoms with E-state index in [1.165, 1.54) is 10.6 Å². The van der Waals surface area contributed by atoms with Crippen molar-refractivity contribution in [3.8, 4) is 0 Å². The zero-order valence-corrected chi connectivity index (χ0v) is 12.1. The van der Waals surface area contributed by atoms with Crippen LogP contribution in [-0.2, 0) is 17.7 Å². The highest BCUT2D eigenvalue weighted by Crippen LogP contribution is 2.31. The molecule has 2 heterocycles. The lowest BCUT2D eigenvalue weighted by molar-refractivity contribution is 0.0754. The van der Waals surface area contributed by atoms with E-state index in [0.717, 1.165) is 29.5 Å². The van der Waals surface area contributed by atoms with Gasteiger partial charge in [0.2, 0.25) is 0 Å². The fraction of sp³-hybridized carbons (Fsp3) is 0.750. The van der Waals surface area contributed by atoms with Crippen molar-refractivity contribution in [1.29, 1.82) is 0 Å². The lowest BCUT2D eigenvalue weighted by Gasteiger charge is -2.19. The molecular weight excluding hydrogens is 252 g/mol. The number of hydrogen-bond acceptors (Lipinski definition) is 5. The number of hydrogen-bond donors (Lipinski definition) is 1. The monoisotopic (exact) mass is 272 g/mol. The minimum atomic E-state index is 0.185. The van der Waals surface area contributed by atoms with Gasteiger partial charge in [0.1, 0.15) is 11.1 Å². The molecule has 2 N–H and O–H groups in total. The van der Waals surface area contributed by atoms with Gasteiger partial charge in [0, 0.05) is 22.9 Å². The van der Waals surface area contributed by atoms with Gasteiger partial charge in [0.15, 0.2) is 0 Å². The summed E-state index contributed by atoms with van der Waals surface area (Å²) in [5.74, 6) is 2.75. The summed E-state index contributed by atoms with van der Waals surface area (Å²) in [5.41, 5.74) is 6.98. The van der Waals surface area contributed by atoms with Gasteiger partial charge < -0.3 is 10.5 Å². The van der Waals surface area contributed by atoms with E-state index >= 15 is 0 Å². The van der Waals surface area contributed by atoms with E-state index in [1.807, 2.05) is 11.8 Å². The van der Waals surface area contributed by atoms with Gasteiger partial charge in [0.05, 0.1) is 12.3 Å². The molecule has 2 rings (SSSR count). The lowest BCUT2D eigenvalue weighted by Crippen LogP contribution is -2.15. The maximum absolute atomic E-state index is 5.79. The van der Waals surface area contributed by atoms with Gasteiger partial charge in [-0.05, 0) is 12.3 Å². The molecule has 0 aliphatic carbocycles. The zero-order valence-electron chi connectivity index (χ0n) is 10.4. The third kappa shape index (κ3) is 3.44. The number of aromatic nitrogens is 1. The Morgan fingerprint density at radius 1 is 1.53 bits per heavy atom. The predicted molar refractivity (Wildman–Crippen MR) is 74.6 cm³/mol. The number of thioether (sulfide) groups is 1. The Bertz CT molecular complexity index is 359. The second-order valence-corrected chi connectivity index (χ2v) is 6.92. The van der Waals surface area contributed by atoms with E-state index in [9.17, 15) is 0 Å². The quantitative estimate of drug-likeness (QED) is 0.915. The fourth-order valence-electron chi connectivity index (χ4n) is 1.88. The van der Waals surface area contributed by atoms with Crippen LogP contribution in [0.15, 0.2) is 0 Å². The maximum atomic E-state index is 5.79. The van der Waals surface area contributed by atoms with Crippen LogP contribution in [-0.4, -0.2) is 23.1 Å². The van der Waals surface area contributed by atoms with E-state index in [2.05, 4.69) is 13.8 Å². The molecule has 96 valence electrons. The van der Waals surface area contributed by atoms with Gasteiger partial charge in [0.25, 0.3) is 0 Å². The van der Waals surface area contributed by atoms with E-state index in [0.29, 0.717) is 12.5 Å². The summed E-state index contributed by atoms with van der Waals surface area (Å²) < 4.78 is 5.77. The van der Waals surface area contributed by atoms with E-state index in [1.54, 1.807) is 11.3 Å². The normalized spacial score (nSPS) is 21.1. The van der Waals surface area contributed by atoms with Gasteiger partial charge in [-0.1, -0.05) is 13.8 Å². The number of rotatable bonds is 4. The van der Waals surface area contributed by atoms with Crippen LogP contribution in [0.5, 0.6) is 0 Å². The Hall–Kier alpha value is -0.100. The Morgan fingerprint density at radius 2 is 2.35 bits per heavy atom. The van der Waals surface area contributed by atoms with Crippen LogP contribution in [0.1, 0.15) is 35.5 Å². The van der Waals surface area contributed by atoms with Crippen molar-refractivity contribution in [3.63, 3.8) is 0 Å². The number of nitrogens with zero attached hydrogens (tertiary/aromatic N) is 1. The molecule has 1 aliphatic heterocycles. The summed E-state index contributed by atoms with van der Waals surface area (Å²) in [6.07, 6.45) is 1.20. The molecule has 0 spiro atoms. The van der Waals surface area contributed by atoms with Gasteiger partial charge in [-0.25, -0.2) is 4.98 Å². The van der Waals surface area contributed by atoms with Crippen LogP contribution in [0.25, 0.3) is 0 Å². The van der Waals surface area contributed by atoms with Crippen molar-refractivity contribution in [2.45, 2.75) is 32.9 Å². The van der Waals surface area contributed by atoms with Crippen molar-refractivity contribution in [1.82, 2.24) is 4.98 Å². The first-order valence-corrected chi connectivity index (χ1v) is 8.05. The molecule has 1 atom stereocenters. The highest BCUT2D eigenvalue weighted by Gasteiger charge is 2.22. The number of thiazole rings is 1. The molecule has 1 aromatic rings. The highest BCUT2D eigenvalue weighted by atomic mass is 32.2. The van der Waals surface area contributed by atoms with E-state index in [4.69, 9.17) is 15.5 Å². The molecule has 5 heteroatoms. The summed E-state index contributed by atoms with van der Waals surface area (Å²) in [4.78, 5) is 5.97. The molecule has 0 bridgehead atoms. The van der Waals surface area contributed by atoms with Gasteiger partial charge in [-0.2, -0.15) is 11.8 Å². The van der Waals surface area contributed by atoms with Crippen LogP contribution in [0.2, 0.25) is 0 Å². The third-order valence-corrected chi connectivity index (χ3v) is 4.88. The van der Waals surface area contributed by atoms with E-state index < -0.39 is 0 Å². The molecule has 1 aromatic heterocycles. The van der Waals surface area contributed by atoms with Crippen molar-refractivity contribution in [2.24, 2.45) is 11.7 Å². The number of ether oxygens (including phenoxy) is 1. The van der Waals surface area contributed by atoms with Gasteiger partial charge in [-0.15, -0.1) is 11.3 Å². The Labute approximate surface area is 111 Å². The molecule has 1 unspecified atom stereocenters. The molecule has 0 saturated carbocycles. The summed E-state index contributed by atoms with van der Waals surface area (Å²) in [7, 11) is 0. The number of nitrogens with two attached hydrogens (primary N) is 1. The average molecular weight is 272 g/mol. The topological polar surface area (TPSA) is 48.1 Å². The standard InChI is InChI=1S/C12H20N2OS2/c1-8(2)5-9-11(6-13)17-12(14-9)10-7-16-4-3-15-10/h8,10H,3-7,13H2,1-2H3.